The van der Waals surface area contributed by atoms with Crippen LogP contribution in [0.3, 0.4) is 0 Å². The molecule has 0 amide bonds. The standard InChI is InChI=1S/C22H27N3O/c1-17(2)22-19(16-25(24-22)20-12-8-5-9-13-20)14-23-15-21(26-3)18-10-6-4-7-11-18/h4-13,16-17,21,23H,14-15H2,1-3H3/t21-/m1/s1. The molecule has 136 valence electrons. The summed E-state index contributed by atoms with van der Waals surface area (Å²) in [5, 5.41) is 8.33. The number of hydrogen-bond donors (Lipinski definition) is 1. The van der Waals surface area contributed by atoms with Crippen LogP contribution >= 0.6 is 0 Å². The summed E-state index contributed by atoms with van der Waals surface area (Å²) in [6, 6.07) is 20.6. The van der Waals surface area contributed by atoms with Crippen LogP contribution in [0.25, 0.3) is 5.69 Å². The predicted molar refractivity (Wildman–Crippen MR) is 106 cm³/mol. The zero-order valence-electron chi connectivity index (χ0n) is 15.7. The third-order valence-electron chi connectivity index (χ3n) is 4.49. The van der Waals surface area contributed by atoms with Gasteiger partial charge < -0.3 is 10.1 Å². The predicted octanol–water partition coefficient (Wildman–Crippen LogP) is 4.47. The van der Waals surface area contributed by atoms with Crippen molar-refractivity contribution >= 4 is 0 Å². The van der Waals surface area contributed by atoms with Gasteiger partial charge in [0.05, 0.1) is 17.5 Å². The van der Waals surface area contributed by atoms with Crippen LogP contribution in [0.15, 0.2) is 66.9 Å². The van der Waals surface area contributed by atoms with Crippen LogP contribution in [-0.2, 0) is 11.3 Å². The normalized spacial score (nSPS) is 12.5. The molecule has 0 aliphatic rings. The lowest BCUT2D eigenvalue weighted by Crippen LogP contribution is -2.22. The molecule has 0 saturated carbocycles. The summed E-state index contributed by atoms with van der Waals surface area (Å²) in [5.41, 5.74) is 4.63. The molecule has 0 saturated heterocycles. The van der Waals surface area contributed by atoms with Gasteiger partial charge in [-0.2, -0.15) is 5.10 Å². The van der Waals surface area contributed by atoms with Crippen molar-refractivity contribution in [3.63, 3.8) is 0 Å². The lowest BCUT2D eigenvalue weighted by atomic mass is 10.1. The van der Waals surface area contributed by atoms with E-state index in [1.807, 2.05) is 41.1 Å². The average Bonchev–Trinajstić information content (AvgIpc) is 3.11. The van der Waals surface area contributed by atoms with Crippen LogP contribution in [0.2, 0.25) is 0 Å². The van der Waals surface area contributed by atoms with Crippen LogP contribution in [0.1, 0.15) is 42.7 Å². The van der Waals surface area contributed by atoms with E-state index in [1.54, 1.807) is 7.11 Å². The minimum absolute atomic E-state index is 0.0443. The molecule has 3 aromatic rings. The summed E-state index contributed by atoms with van der Waals surface area (Å²) in [5.74, 6) is 0.379. The third kappa shape index (κ3) is 4.40. The van der Waals surface area contributed by atoms with Gasteiger partial charge >= 0.3 is 0 Å². The van der Waals surface area contributed by atoms with Crippen molar-refractivity contribution in [2.24, 2.45) is 0 Å². The molecule has 4 heteroatoms. The van der Waals surface area contributed by atoms with Crippen LogP contribution in [0.4, 0.5) is 0 Å². The van der Waals surface area contributed by atoms with Gasteiger partial charge in [0.1, 0.15) is 0 Å². The lowest BCUT2D eigenvalue weighted by molar-refractivity contribution is 0.102. The maximum absolute atomic E-state index is 5.64. The fourth-order valence-corrected chi connectivity index (χ4v) is 3.10. The Bertz CT molecular complexity index is 797. The Morgan fingerprint density at radius 2 is 1.65 bits per heavy atom. The van der Waals surface area contributed by atoms with Crippen molar-refractivity contribution in [3.05, 3.63) is 83.7 Å². The van der Waals surface area contributed by atoms with Gasteiger partial charge in [0.2, 0.25) is 0 Å². The SMILES string of the molecule is CO[C@H](CNCc1cn(-c2ccccc2)nc1C(C)C)c1ccccc1. The monoisotopic (exact) mass is 349 g/mol. The van der Waals surface area contributed by atoms with Gasteiger partial charge in [-0.1, -0.05) is 62.4 Å². The first-order valence-electron chi connectivity index (χ1n) is 9.11. The van der Waals surface area contributed by atoms with E-state index in [9.17, 15) is 0 Å². The Balaban J connectivity index is 1.70. The minimum atomic E-state index is 0.0443. The van der Waals surface area contributed by atoms with Crippen molar-refractivity contribution in [2.75, 3.05) is 13.7 Å². The molecule has 0 aliphatic carbocycles. The van der Waals surface area contributed by atoms with E-state index in [1.165, 1.54) is 11.1 Å². The van der Waals surface area contributed by atoms with E-state index in [-0.39, 0.29) is 6.10 Å². The van der Waals surface area contributed by atoms with Crippen molar-refractivity contribution in [1.82, 2.24) is 15.1 Å². The van der Waals surface area contributed by atoms with Gasteiger partial charge in [0.25, 0.3) is 0 Å². The van der Waals surface area contributed by atoms with Crippen LogP contribution in [0, 0.1) is 0 Å². The molecular formula is C22H27N3O. The molecule has 0 aliphatic heterocycles. The first kappa shape index (κ1) is 18.4. The van der Waals surface area contributed by atoms with E-state index in [2.05, 4.69) is 49.6 Å². The highest BCUT2D eigenvalue weighted by molar-refractivity contribution is 5.33. The second-order valence-corrected chi connectivity index (χ2v) is 6.74. The molecule has 1 atom stereocenters. The Labute approximate surface area is 155 Å². The molecule has 26 heavy (non-hydrogen) atoms. The third-order valence-corrected chi connectivity index (χ3v) is 4.49. The molecule has 1 heterocycles. The Kier molecular flexibility index (Phi) is 6.21. The number of aromatic nitrogens is 2. The van der Waals surface area contributed by atoms with Crippen molar-refractivity contribution < 1.29 is 4.74 Å². The fourth-order valence-electron chi connectivity index (χ4n) is 3.10. The highest BCUT2D eigenvalue weighted by atomic mass is 16.5. The van der Waals surface area contributed by atoms with Crippen molar-refractivity contribution in [1.29, 1.82) is 0 Å². The van der Waals surface area contributed by atoms with Crippen LogP contribution < -0.4 is 5.32 Å². The molecule has 1 N–H and O–H groups in total. The molecular weight excluding hydrogens is 322 g/mol. The summed E-state index contributed by atoms with van der Waals surface area (Å²) in [6.45, 7) is 5.90. The molecule has 1 aromatic heterocycles. The Hall–Kier alpha value is -2.43. The summed E-state index contributed by atoms with van der Waals surface area (Å²) in [7, 11) is 1.76. The molecule has 0 radical (unpaired) electrons. The highest BCUT2D eigenvalue weighted by Crippen LogP contribution is 2.21. The van der Waals surface area contributed by atoms with Crippen LogP contribution in [0.5, 0.6) is 0 Å². The van der Waals surface area contributed by atoms with E-state index in [0.29, 0.717) is 5.92 Å². The zero-order chi connectivity index (χ0) is 18.4. The molecule has 0 bridgehead atoms. The first-order valence-corrected chi connectivity index (χ1v) is 9.11. The second kappa shape index (κ2) is 8.79. The number of para-hydroxylation sites is 1. The number of ether oxygens (including phenoxy) is 1. The number of hydrogen-bond acceptors (Lipinski definition) is 3. The molecule has 0 fully saturated rings. The minimum Gasteiger partial charge on any atom is -0.375 e. The van der Waals surface area contributed by atoms with E-state index >= 15 is 0 Å². The first-order chi connectivity index (χ1) is 12.7. The Morgan fingerprint density at radius 1 is 1.00 bits per heavy atom. The Morgan fingerprint density at radius 3 is 2.27 bits per heavy atom. The van der Waals surface area contributed by atoms with Gasteiger partial charge in [-0.15, -0.1) is 0 Å². The van der Waals surface area contributed by atoms with E-state index in [4.69, 9.17) is 9.84 Å². The molecule has 3 rings (SSSR count). The largest absolute Gasteiger partial charge is 0.375 e. The van der Waals surface area contributed by atoms with Crippen molar-refractivity contribution in [3.8, 4) is 5.69 Å². The molecule has 2 aromatic carbocycles. The van der Waals surface area contributed by atoms with Gasteiger partial charge in [-0.3, -0.25) is 0 Å². The number of methoxy groups -OCH3 is 1. The number of benzene rings is 2. The van der Waals surface area contributed by atoms with Gasteiger partial charge in [0, 0.05) is 32.0 Å². The average molecular weight is 349 g/mol. The summed E-state index contributed by atoms with van der Waals surface area (Å²) < 4.78 is 7.61. The number of rotatable bonds is 8. The molecule has 0 unspecified atom stereocenters. The zero-order valence-corrected chi connectivity index (χ0v) is 15.7. The lowest BCUT2D eigenvalue weighted by Gasteiger charge is -2.16. The highest BCUT2D eigenvalue weighted by Gasteiger charge is 2.14. The van der Waals surface area contributed by atoms with Gasteiger partial charge in [-0.25, -0.2) is 4.68 Å². The summed E-state index contributed by atoms with van der Waals surface area (Å²) in [4.78, 5) is 0. The quantitative estimate of drug-likeness (QED) is 0.652. The second-order valence-electron chi connectivity index (χ2n) is 6.74. The maximum Gasteiger partial charge on any atom is 0.0945 e. The van der Waals surface area contributed by atoms with E-state index in [0.717, 1.165) is 24.5 Å². The maximum atomic E-state index is 5.64. The van der Waals surface area contributed by atoms with Gasteiger partial charge in [0.15, 0.2) is 0 Å². The fraction of sp³-hybridized carbons (Fsp3) is 0.318. The molecule has 4 nitrogen and oxygen atoms in total. The molecule has 0 spiro atoms. The van der Waals surface area contributed by atoms with Crippen LogP contribution in [-0.4, -0.2) is 23.4 Å². The van der Waals surface area contributed by atoms with Gasteiger partial charge in [-0.05, 0) is 23.6 Å². The summed E-state index contributed by atoms with van der Waals surface area (Å²) >= 11 is 0. The van der Waals surface area contributed by atoms with E-state index < -0.39 is 0 Å². The summed E-state index contributed by atoms with van der Waals surface area (Å²) in [6.07, 6.45) is 2.17. The van der Waals surface area contributed by atoms with Crippen molar-refractivity contribution in [2.45, 2.75) is 32.4 Å². The number of nitrogens with one attached hydrogen (secondary N) is 1. The topological polar surface area (TPSA) is 39.1 Å². The number of nitrogens with zero attached hydrogens (tertiary/aromatic N) is 2. The smallest absolute Gasteiger partial charge is 0.0945 e.